The van der Waals surface area contributed by atoms with Gasteiger partial charge in [-0.05, 0) is 92.4 Å². The summed E-state index contributed by atoms with van der Waals surface area (Å²) < 4.78 is 30.0. The third kappa shape index (κ3) is 3.44. The van der Waals surface area contributed by atoms with E-state index < -0.39 is 10.0 Å². The summed E-state index contributed by atoms with van der Waals surface area (Å²) in [4.78, 5) is 0.376. The van der Waals surface area contributed by atoms with Gasteiger partial charge in [0.05, 0.1) is 4.90 Å². The van der Waals surface area contributed by atoms with Gasteiger partial charge in [0, 0.05) is 10.5 Å². The van der Waals surface area contributed by atoms with E-state index in [2.05, 4.69) is 27.6 Å². The normalized spacial score (nSPS) is 35.0. The lowest BCUT2D eigenvalue weighted by atomic mass is 9.47. The van der Waals surface area contributed by atoms with Crippen molar-refractivity contribution in [3.05, 3.63) is 28.7 Å². The molecular weight excluding hydrogens is 398 g/mol. The highest BCUT2D eigenvalue weighted by Gasteiger charge is 2.54. The maximum atomic E-state index is 13.0. The molecule has 4 saturated carbocycles. The number of rotatable bonds is 6. The molecule has 5 heteroatoms. The molecule has 0 spiro atoms. The largest absolute Gasteiger partial charge is 0.240 e. The van der Waals surface area contributed by atoms with Crippen molar-refractivity contribution < 1.29 is 8.42 Å². The maximum absolute atomic E-state index is 13.0. The Labute approximate surface area is 160 Å². The molecule has 0 aliphatic heterocycles. The molecule has 3 nitrogen and oxygen atoms in total. The van der Waals surface area contributed by atoms with Gasteiger partial charge in [-0.15, -0.1) is 0 Å². The van der Waals surface area contributed by atoms with E-state index in [-0.39, 0.29) is 11.5 Å². The number of nitrogens with one attached hydrogen (secondary N) is 1. The first-order chi connectivity index (χ1) is 11.9. The molecule has 1 atom stereocenters. The van der Waals surface area contributed by atoms with Crippen LogP contribution >= 0.6 is 15.9 Å². The van der Waals surface area contributed by atoms with Gasteiger partial charge in [0.2, 0.25) is 10.0 Å². The average molecular weight is 426 g/mol. The van der Waals surface area contributed by atoms with Gasteiger partial charge in [-0.3, -0.25) is 0 Å². The summed E-state index contributed by atoms with van der Waals surface area (Å²) in [7, 11) is -3.46. The molecule has 5 rings (SSSR count). The van der Waals surface area contributed by atoms with E-state index in [1.807, 2.05) is 0 Å². The highest BCUT2D eigenvalue weighted by atomic mass is 79.9. The molecule has 25 heavy (non-hydrogen) atoms. The van der Waals surface area contributed by atoms with Crippen LogP contribution in [0.5, 0.6) is 0 Å². The van der Waals surface area contributed by atoms with Gasteiger partial charge in [0.25, 0.3) is 0 Å². The van der Waals surface area contributed by atoms with Crippen molar-refractivity contribution in [1.82, 2.24) is 4.72 Å². The van der Waals surface area contributed by atoms with Crippen molar-refractivity contribution >= 4 is 26.0 Å². The van der Waals surface area contributed by atoms with Crippen LogP contribution in [0, 0.1) is 23.2 Å². The zero-order valence-corrected chi connectivity index (χ0v) is 17.3. The first kappa shape index (κ1) is 18.0. The van der Waals surface area contributed by atoms with Crippen LogP contribution < -0.4 is 4.72 Å². The molecule has 1 aromatic carbocycles. The second-order valence-electron chi connectivity index (χ2n) is 8.70. The number of halogens is 1. The van der Waals surface area contributed by atoms with Gasteiger partial charge in [-0.2, -0.15) is 0 Å². The van der Waals surface area contributed by atoms with Gasteiger partial charge in [0.15, 0.2) is 0 Å². The minimum Gasteiger partial charge on any atom is -0.208 e. The number of hydrogen-bond donors (Lipinski definition) is 1. The fourth-order valence-electron chi connectivity index (χ4n) is 6.25. The Balaban J connectivity index is 1.60. The van der Waals surface area contributed by atoms with Gasteiger partial charge in [-0.25, -0.2) is 13.1 Å². The summed E-state index contributed by atoms with van der Waals surface area (Å²) in [6, 6.07) is 7.06. The molecule has 4 aliphatic rings. The molecule has 138 valence electrons. The Kier molecular flexibility index (Phi) is 4.79. The molecular formula is C20H28BrNO2S. The number of sulfonamides is 1. The molecule has 0 amide bonds. The Morgan fingerprint density at radius 2 is 1.60 bits per heavy atom. The Morgan fingerprint density at radius 3 is 2.08 bits per heavy atom. The first-order valence-electron chi connectivity index (χ1n) is 9.68. The van der Waals surface area contributed by atoms with Crippen molar-refractivity contribution in [3.63, 3.8) is 0 Å². The van der Waals surface area contributed by atoms with E-state index in [0.29, 0.717) is 4.90 Å². The van der Waals surface area contributed by atoms with Crippen LogP contribution in [0.4, 0.5) is 0 Å². The quantitative estimate of drug-likeness (QED) is 0.687. The molecule has 0 heterocycles. The van der Waals surface area contributed by atoms with Crippen LogP contribution in [0.2, 0.25) is 0 Å². The molecule has 0 aromatic heterocycles. The Hall–Kier alpha value is -0.390. The summed E-state index contributed by atoms with van der Waals surface area (Å²) >= 11 is 3.38. The van der Waals surface area contributed by atoms with Crippen LogP contribution in [0.15, 0.2) is 33.6 Å². The summed E-state index contributed by atoms with van der Waals surface area (Å²) in [5.41, 5.74) is 0.202. The highest BCUT2D eigenvalue weighted by Crippen LogP contribution is 2.61. The Bertz CT molecular complexity index is 693. The van der Waals surface area contributed by atoms with E-state index in [4.69, 9.17) is 0 Å². The lowest BCUT2D eigenvalue weighted by Crippen LogP contribution is -2.56. The lowest BCUT2D eigenvalue weighted by Gasteiger charge is -2.59. The van der Waals surface area contributed by atoms with Crippen LogP contribution in [-0.4, -0.2) is 14.5 Å². The topological polar surface area (TPSA) is 46.2 Å². The van der Waals surface area contributed by atoms with Crippen LogP contribution in [0.3, 0.4) is 0 Å². The molecule has 4 aliphatic carbocycles. The molecule has 0 saturated heterocycles. The molecule has 1 N–H and O–H groups in total. The van der Waals surface area contributed by atoms with Crippen LogP contribution in [-0.2, 0) is 10.0 Å². The lowest BCUT2D eigenvalue weighted by molar-refractivity contribution is -0.0712. The molecule has 0 radical (unpaired) electrons. The van der Waals surface area contributed by atoms with Crippen molar-refractivity contribution in [3.8, 4) is 0 Å². The Morgan fingerprint density at radius 1 is 1.08 bits per heavy atom. The van der Waals surface area contributed by atoms with Crippen LogP contribution in [0.1, 0.15) is 58.3 Å². The fourth-order valence-corrected chi connectivity index (χ4v) is 7.89. The van der Waals surface area contributed by atoms with E-state index in [1.165, 1.54) is 38.5 Å². The van der Waals surface area contributed by atoms with Crippen molar-refractivity contribution in [1.29, 1.82) is 0 Å². The fraction of sp³-hybridized carbons (Fsp3) is 0.700. The van der Waals surface area contributed by atoms with E-state index in [1.54, 1.807) is 24.3 Å². The standard InChI is InChI=1S/C20H28BrNO2S/c1-2-3-19(22-25(23,24)18-6-4-17(21)5-7-18)20-11-14-8-15(12-20)10-16(9-14)13-20/h4-7,14-16,19,22H,2-3,8-13H2,1H3. The second-order valence-corrected chi connectivity index (χ2v) is 11.3. The van der Waals surface area contributed by atoms with E-state index >= 15 is 0 Å². The van der Waals surface area contributed by atoms with Crippen molar-refractivity contribution in [2.75, 3.05) is 0 Å². The molecule has 4 bridgehead atoms. The maximum Gasteiger partial charge on any atom is 0.240 e. The van der Waals surface area contributed by atoms with E-state index in [0.717, 1.165) is 35.1 Å². The monoisotopic (exact) mass is 425 g/mol. The van der Waals surface area contributed by atoms with Gasteiger partial charge >= 0.3 is 0 Å². The van der Waals surface area contributed by atoms with Crippen molar-refractivity contribution in [2.45, 2.75) is 69.2 Å². The molecule has 4 fully saturated rings. The predicted octanol–water partition coefficient (Wildman–Crippen LogP) is 5.11. The number of benzene rings is 1. The zero-order chi connectivity index (χ0) is 17.7. The highest BCUT2D eigenvalue weighted by molar-refractivity contribution is 9.10. The zero-order valence-electron chi connectivity index (χ0n) is 14.9. The first-order valence-corrected chi connectivity index (χ1v) is 12.0. The minimum atomic E-state index is -3.46. The predicted molar refractivity (Wildman–Crippen MR) is 104 cm³/mol. The number of hydrogen-bond acceptors (Lipinski definition) is 2. The van der Waals surface area contributed by atoms with Gasteiger partial charge in [0.1, 0.15) is 0 Å². The summed E-state index contributed by atoms with van der Waals surface area (Å²) in [6.45, 7) is 2.17. The summed E-state index contributed by atoms with van der Waals surface area (Å²) in [5.74, 6) is 2.51. The second kappa shape index (κ2) is 6.65. The van der Waals surface area contributed by atoms with Crippen LogP contribution in [0.25, 0.3) is 0 Å². The summed E-state index contributed by atoms with van der Waals surface area (Å²) in [6.07, 6.45) is 9.81. The third-order valence-electron chi connectivity index (χ3n) is 6.82. The molecule has 1 aromatic rings. The minimum absolute atomic E-state index is 0.0829. The van der Waals surface area contributed by atoms with Gasteiger partial charge in [-0.1, -0.05) is 29.3 Å². The smallest absolute Gasteiger partial charge is 0.208 e. The van der Waals surface area contributed by atoms with Gasteiger partial charge < -0.3 is 0 Å². The molecule has 1 unspecified atom stereocenters. The van der Waals surface area contributed by atoms with Crippen molar-refractivity contribution in [2.24, 2.45) is 23.2 Å². The SMILES string of the molecule is CCCC(NS(=O)(=O)c1ccc(Br)cc1)C12CC3CC(CC(C3)C1)C2. The average Bonchev–Trinajstić information content (AvgIpc) is 2.53. The van der Waals surface area contributed by atoms with E-state index in [9.17, 15) is 8.42 Å². The third-order valence-corrected chi connectivity index (χ3v) is 8.84. The summed E-state index contributed by atoms with van der Waals surface area (Å²) in [5, 5.41) is 0.